The summed E-state index contributed by atoms with van der Waals surface area (Å²) >= 11 is 0. The molecule has 4 rings (SSSR count). The Bertz CT molecular complexity index is 883. The average molecular weight is 365 g/mol. The maximum Gasteiger partial charge on any atom is 0.290 e. The number of aryl methyl sites for hydroxylation is 1. The Kier molecular flexibility index (Phi) is 3.69. The fourth-order valence-electron chi connectivity index (χ4n) is 3.37. The van der Waals surface area contributed by atoms with Crippen LogP contribution in [0.1, 0.15) is 10.6 Å². The first-order valence-electron chi connectivity index (χ1n) is 7.98. The molecule has 2 aromatic heterocycles. The lowest BCUT2D eigenvalue weighted by Gasteiger charge is -2.51. The lowest BCUT2D eigenvalue weighted by Crippen LogP contribution is -2.70. The highest BCUT2D eigenvalue weighted by molar-refractivity contribution is 7.92. The van der Waals surface area contributed by atoms with Crippen LogP contribution in [0.15, 0.2) is 30.9 Å². The van der Waals surface area contributed by atoms with Crippen molar-refractivity contribution >= 4 is 15.7 Å². The lowest BCUT2D eigenvalue weighted by atomic mass is 9.95. The van der Waals surface area contributed by atoms with Gasteiger partial charge in [0.1, 0.15) is 10.9 Å². The van der Waals surface area contributed by atoms with E-state index < -0.39 is 20.7 Å². The monoisotopic (exact) mass is 365 g/mol. The molecule has 1 amide bonds. The van der Waals surface area contributed by atoms with Gasteiger partial charge in [0.2, 0.25) is 0 Å². The van der Waals surface area contributed by atoms with Gasteiger partial charge in [-0.15, -0.1) is 0 Å². The first-order valence-corrected chi connectivity index (χ1v) is 9.70. The number of amides is 1. The van der Waals surface area contributed by atoms with E-state index in [-0.39, 0.29) is 37.9 Å². The molecule has 0 unspecified atom stereocenters. The van der Waals surface area contributed by atoms with Crippen molar-refractivity contribution in [3.63, 3.8) is 0 Å². The number of likely N-dealkylation sites (tertiary alicyclic amines) is 1. The highest BCUT2D eigenvalue weighted by Crippen LogP contribution is 2.33. The van der Waals surface area contributed by atoms with E-state index in [4.69, 9.17) is 4.74 Å². The number of ether oxygens (including phenoxy) is 1. The van der Waals surface area contributed by atoms with Crippen LogP contribution in [0.4, 0.5) is 0 Å². The van der Waals surface area contributed by atoms with Gasteiger partial charge in [0.15, 0.2) is 15.7 Å². The van der Waals surface area contributed by atoms with Crippen LogP contribution in [0.3, 0.4) is 0 Å². The first kappa shape index (κ1) is 16.3. The van der Waals surface area contributed by atoms with Gasteiger partial charge in [-0.05, 0) is 6.07 Å². The van der Waals surface area contributed by atoms with Crippen LogP contribution >= 0.6 is 0 Å². The molecule has 0 aromatic carbocycles. The van der Waals surface area contributed by atoms with E-state index in [1.54, 1.807) is 52.1 Å². The van der Waals surface area contributed by atoms with E-state index in [0.29, 0.717) is 5.82 Å². The average Bonchev–Trinajstić information content (AvgIpc) is 3.17. The van der Waals surface area contributed by atoms with Crippen LogP contribution in [-0.4, -0.2) is 74.9 Å². The second-order valence-corrected chi connectivity index (χ2v) is 8.96. The van der Waals surface area contributed by atoms with Gasteiger partial charge in [-0.3, -0.25) is 9.48 Å². The molecule has 2 fully saturated rings. The summed E-state index contributed by atoms with van der Waals surface area (Å²) in [5, 5.41) is 3.44. The number of rotatable bonds is 3. The van der Waals surface area contributed by atoms with Crippen LogP contribution in [-0.2, 0) is 28.2 Å². The molecule has 25 heavy (non-hydrogen) atoms. The van der Waals surface area contributed by atoms with Crippen molar-refractivity contribution in [3.8, 4) is 0 Å². The van der Waals surface area contributed by atoms with Crippen molar-refractivity contribution in [2.24, 2.45) is 7.05 Å². The van der Waals surface area contributed by atoms with E-state index in [1.807, 2.05) is 0 Å². The van der Waals surface area contributed by atoms with Gasteiger partial charge in [0.05, 0.1) is 32.0 Å². The predicted octanol–water partition coefficient (Wildman–Crippen LogP) is -0.675. The Labute approximate surface area is 145 Å². The maximum absolute atomic E-state index is 12.6. The van der Waals surface area contributed by atoms with Gasteiger partial charge >= 0.3 is 0 Å². The fraction of sp³-hybridized carbons (Fsp3) is 0.533. The largest absolute Gasteiger partial charge is 0.369 e. The zero-order chi connectivity index (χ0) is 17.7. The summed E-state index contributed by atoms with van der Waals surface area (Å²) in [5.41, 5.74) is -0.791. The highest BCUT2D eigenvalue weighted by atomic mass is 32.2. The van der Waals surface area contributed by atoms with Crippen molar-refractivity contribution < 1.29 is 17.9 Å². The Hall–Kier alpha value is -2.20. The second kappa shape index (κ2) is 5.67. The van der Waals surface area contributed by atoms with Crippen LogP contribution in [0.5, 0.6) is 0 Å². The van der Waals surface area contributed by atoms with Gasteiger partial charge in [-0.1, -0.05) is 0 Å². The molecule has 4 heterocycles. The molecule has 0 aliphatic carbocycles. The summed E-state index contributed by atoms with van der Waals surface area (Å²) < 4.78 is 34.4. The van der Waals surface area contributed by atoms with Crippen LogP contribution in [0.25, 0.3) is 0 Å². The maximum atomic E-state index is 12.6. The minimum absolute atomic E-state index is 0.0731. The number of sulfone groups is 1. The zero-order valence-corrected chi connectivity index (χ0v) is 14.6. The molecule has 2 aliphatic heterocycles. The number of imidazole rings is 1. The molecule has 1 atom stereocenters. The Morgan fingerprint density at radius 3 is 2.76 bits per heavy atom. The molecular weight excluding hydrogens is 346 g/mol. The number of carbonyl (C=O) groups is 1. The molecule has 0 saturated carbocycles. The zero-order valence-electron chi connectivity index (χ0n) is 13.8. The molecular formula is C15H19N5O4S. The van der Waals surface area contributed by atoms with Gasteiger partial charge in [0.25, 0.3) is 5.91 Å². The third-order valence-corrected chi connectivity index (χ3v) is 6.98. The lowest BCUT2D eigenvalue weighted by molar-refractivity contribution is -0.121. The summed E-state index contributed by atoms with van der Waals surface area (Å²) in [6.45, 7) is 0.937. The molecule has 134 valence electrons. The molecule has 0 radical (unpaired) electrons. The summed E-state index contributed by atoms with van der Waals surface area (Å²) in [7, 11) is -1.58. The predicted molar refractivity (Wildman–Crippen MR) is 87.6 cm³/mol. The number of hydrogen-bond donors (Lipinski definition) is 0. The molecule has 9 nitrogen and oxygen atoms in total. The Morgan fingerprint density at radius 1 is 1.36 bits per heavy atom. The second-order valence-electron chi connectivity index (χ2n) is 6.67. The van der Waals surface area contributed by atoms with E-state index in [2.05, 4.69) is 10.1 Å². The molecule has 1 spiro atoms. The molecule has 10 heteroatoms. The van der Waals surface area contributed by atoms with Gasteiger partial charge in [-0.25, -0.2) is 13.4 Å². The molecule has 2 saturated heterocycles. The number of nitrogens with zero attached hydrogens (tertiary/aromatic N) is 5. The summed E-state index contributed by atoms with van der Waals surface area (Å²) in [5.74, 6) is 0.0545. The van der Waals surface area contributed by atoms with Crippen LogP contribution < -0.4 is 0 Å². The molecule has 0 N–H and O–H groups in total. The molecule has 2 aromatic rings. The Balaban J connectivity index is 1.41. The van der Waals surface area contributed by atoms with Crippen LogP contribution in [0, 0.1) is 0 Å². The first-order chi connectivity index (χ1) is 11.9. The van der Waals surface area contributed by atoms with Crippen molar-refractivity contribution in [3.05, 3.63) is 36.7 Å². The fourth-order valence-corrected chi connectivity index (χ4v) is 5.26. The summed E-state index contributed by atoms with van der Waals surface area (Å²) in [6, 6.07) is 1.75. The van der Waals surface area contributed by atoms with Gasteiger partial charge < -0.3 is 14.2 Å². The smallest absolute Gasteiger partial charge is 0.290 e. The number of carbonyl (C=O) groups excluding carboxylic acids is 1. The SMILES string of the molecule is Cn1ccnc1C(=O)N1CC2(C1)CS(=O)(=O)[C@@H](Cn1cccn1)CO2. The summed E-state index contributed by atoms with van der Waals surface area (Å²) in [6.07, 6.45) is 6.61. The molecule has 2 aliphatic rings. The standard InChI is InChI=1S/C15H19N5O4S/c1-18-6-4-16-13(18)14(21)19-9-15(10-19)11-25(22,23)12(8-24-15)7-20-5-2-3-17-20/h2-6,12H,7-11H2,1H3/t12-/m0/s1. The van der Waals surface area contributed by atoms with Crippen molar-refractivity contribution in [2.45, 2.75) is 17.4 Å². The van der Waals surface area contributed by atoms with Gasteiger partial charge in [0, 0.05) is 31.8 Å². The number of aromatic nitrogens is 4. The van der Waals surface area contributed by atoms with E-state index in [0.717, 1.165) is 0 Å². The normalized spacial score (nSPS) is 24.2. The quantitative estimate of drug-likeness (QED) is 0.715. The van der Waals surface area contributed by atoms with Crippen molar-refractivity contribution in [1.29, 1.82) is 0 Å². The topological polar surface area (TPSA) is 99.3 Å². The van der Waals surface area contributed by atoms with Crippen molar-refractivity contribution in [2.75, 3.05) is 25.4 Å². The minimum Gasteiger partial charge on any atom is -0.369 e. The van der Waals surface area contributed by atoms with E-state index >= 15 is 0 Å². The van der Waals surface area contributed by atoms with E-state index in [9.17, 15) is 13.2 Å². The van der Waals surface area contributed by atoms with Gasteiger partial charge in [-0.2, -0.15) is 5.10 Å². The third kappa shape index (κ3) is 2.85. The van der Waals surface area contributed by atoms with E-state index in [1.165, 1.54) is 0 Å². The Morgan fingerprint density at radius 2 is 2.16 bits per heavy atom. The third-order valence-electron chi connectivity index (χ3n) is 4.76. The minimum atomic E-state index is -3.32. The highest BCUT2D eigenvalue weighted by Gasteiger charge is 2.54. The summed E-state index contributed by atoms with van der Waals surface area (Å²) in [4.78, 5) is 18.0. The van der Waals surface area contributed by atoms with Crippen molar-refractivity contribution in [1.82, 2.24) is 24.2 Å². The van der Waals surface area contributed by atoms with Crippen LogP contribution in [0.2, 0.25) is 0 Å². The number of hydrogen-bond acceptors (Lipinski definition) is 6. The molecule has 0 bridgehead atoms.